The van der Waals surface area contributed by atoms with Crippen LogP contribution in [-0.2, 0) is 10.9 Å². The third-order valence-corrected chi connectivity index (χ3v) is 7.23. The number of rotatable bonds is 5. The number of carbonyl (C=O) groups excluding carboxylic acids is 2. The molecule has 146 valence electrons. The van der Waals surface area contributed by atoms with Crippen molar-refractivity contribution in [2.75, 3.05) is 22.6 Å². The highest BCUT2D eigenvalue weighted by molar-refractivity contribution is 9.09. The molecule has 0 saturated carbocycles. The summed E-state index contributed by atoms with van der Waals surface area (Å²) in [6, 6.07) is 15.5. The minimum absolute atomic E-state index is 0. The number of hydrogen-bond acceptors (Lipinski definition) is 2. The zero-order chi connectivity index (χ0) is 18.9. The number of halogens is 2. The second kappa shape index (κ2) is 12.5. The highest BCUT2D eigenvalue weighted by Gasteiger charge is 2.27. The van der Waals surface area contributed by atoms with Crippen LogP contribution in [-0.4, -0.2) is 34.2 Å². The number of alkyl halides is 1. The summed E-state index contributed by atoms with van der Waals surface area (Å²) >= 11 is 3.12. The molecule has 0 unspecified atom stereocenters. The molecule has 0 spiro atoms. The molecular weight excluding hydrogens is 488 g/mol. The molecule has 0 atom stereocenters. The molecule has 0 bridgehead atoms. The van der Waals surface area contributed by atoms with Gasteiger partial charge in [0.2, 0.25) is 5.78 Å². The fourth-order valence-corrected chi connectivity index (χ4v) is 5.26. The fourth-order valence-electron chi connectivity index (χ4n) is 2.68. The molecule has 2 aromatic rings. The van der Waals surface area contributed by atoms with E-state index in [2.05, 4.69) is 15.9 Å². The summed E-state index contributed by atoms with van der Waals surface area (Å²) in [7, 11) is 0.387. The number of hydrogen-bond donors (Lipinski definition) is 0. The molecule has 1 saturated heterocycles. The maximum absolute atomic E-state index is 11.9. The second-order valence-electron chi connectivity index (χ2n) is 6.58. The van der Waals surface area contributed by atoms with Gasteiger partial charge in [0.05, 0.1) is 5.33 Å². The van der Waals surface area contributed by atoms with Gasteiger partial charge in [-0.1, -0.05) is 75.6 Å². The Morgan fingerprint density at radius 2 is 1.22 bits per heavy atom. The molecule has 0 N–H and O–H groups in total. The molecule has 1 heterocycles. The lowest BCUT2D eigenvalue weighted by Crippen LogP contribution is -3.00. The molecular formula is C22H26Br2O2S. The Labute approximate surface area is 184 Å². The van der Waals surface area contributed by atoms with E-state index in [9.17, 15) is 9.59 Å². The predicted octanol–water partition coefficient (Wildman–Crippen LogP) is 2.17. The number of ketones is 2. The van der Waals surface area contributed by atoms with E-state index < -0.39 is 0 Å². The Balaban J connectivity index is 0.000000273. The molecule has 0 aromatic heterocycles. The van der Waals surface area contributed by atoms with E-state index in [1.165, 1.54) is 35.5 Å². The second-order valence-corrected chi connectivity index (χ2v) is 9.47. The Hall–Kier alpha value is -0.910. The van der Waals surface area contributed by atoms with Gasteiger partial charge in [-0.15, -0.1) is 0 Å². The Bertz CT molecular complexity index is 721. The van der Waals surface area contributed by atoms with Crippen molar-refractivity contribution in [3.05, 3.63) is 70.8 Å². The molecule has 2 nitrogen and oxygen atoms in total. The van der Waals surface area contributed by atoms with Gasteiger partial charge < -0.3 is 17.0 Å². The van der Waals surface area contributed by atoms with E-state index in [0.29, 0.717) is 22.0 Å². The summed E-state index contributed by atoms with van der Waals surface area (Å²) in [4.78, 5) is 23.0. The third-order valence-electron chi connectivity index (χ3n) is 4.32. The van der Waals surface area contributed by atoms with E-state index in [0.717, 1.165) is 16.9 Å². The van der Waals surface area contributed by atoms with Gasteiger partial charge in [-0.25, -0.2) is 0 Å². The van der Waals surface area contributed by atoms with Crippen LogP contribution >= 0.6 is 15.9 Å². The number of benzene rings is 2. The molecule has 3 rings (SSSR count). The Kier molecular flexibility index (Phi) is 11.2. The van der Waals surface area contributed by atoms with E-state index in [1.54, 1.807) is 0 Å². The van der Waals surface area contributed by atoms with Crippen LogP contribution in [0.1, 0.15) is 44.7 Å². The van der Waals surface area contributed by atoms with Crippen molar-refractivity contribution in [2.45, 2.75) is 26.7 Å². The normalized spacial score (nSPS) is 13.3. The number of Topliss-reactive ketones (excluding diaryl/α,β-unsaturated/α-hetero) is 2. The van der Waals surface area contributed by atoms with Gasteiger partial charge in [-0.05, 0) is 37.6 Å². The largest absolute Gasteiger partial charge is 1.00 e. The quantitative estimate of drug-likeness (QED) is 0.349. The van der Waals surface area contributed by atoms with Gasteiger partial charge in [0.25, 0.3) is 0 Å². The van der Waals surface area contributed by atoms with Crippen LogP contribution in [0.15, 0.2) is 48.5 Å². The summed E-state index contributed by atoms with van der Waals surface area (Å²) in [6.07, 6.45) is 2.65. The van der Waals surface area contributed by atoms with Crippen LogP contribution in [0.3, 0.4) is 0 Å². The van der Waals surface area contributed by atoms with E-state index in [4.69, 9.17) is 0 Å². The molecule has 27 heavy (non-hydrogen) atoms. The molecule has 1 fully saturated rings. The molecule has 0 amide bonds. The minimum Gasteiger partial charge on any atom is -1.00 e. The maximum Gasteiger partial charge on any atom is 0.211 e. The predicted molar refractivity (Wildman–Crippen MR) is 116 cm³/mol. The highest BCUT2D eigenvalue weighted by Crippen LogP contribution is 2.15. The summed E-state index contributed by atoms with van der Waals surface area (Å²) in [6.45, 7) is 4.05. The third kappa shape index (κ3) is 8.32. The van der Waals surface area contributed by atoms with Crippen LogP contribution in [0, 0.1) is 13.8 Å². The van der Waals surface area contributed by atoms with Gasteiger partial charge in [-0.2, -0.15) is 0 Å². The fraction of sp³-hybridized carbons (Fsp3) is 0.364. The van der Waals surface area contributed by atoms with E-state index >= 15 is 0 Å². The Morgan fingerprint density at radius 1 is 0.815 bits per heavy atom. The SMILES string of the molecule is Cc1ccc(C(=O)CBr)cc1.Cc1ccc(C(=O)C[S+]2CCCC2)cc1.[Br-]. The van der Waals surface area contributed by atoms with Crippen molar-refractivity contribution in [1.82, 2.24) is 0 Å². The lowest BCUT2D eigenvalue weighted by molar-refractivity contribution is -0.0000208. The topological polar surface area (TPSA) is 34.1 Å². The van der Waals surface area contributed by atoms with Gasteiger partial charge in [0, 0.05) is 11.1 Å². The van der Waals surface area contributed by atoms with Crippen molar-refractivity contribution in [1.29, 1.82) is 0 Å². The first-order valence-electron chi connectivity index (χ1n) is 8.89. The van der Waals surface area contributed by atoms with Crippen molar-refractivity contribution < 1.29 is 26.6 Å². The van der Waals surface area contributed by atoms with Crippen molar-refractivity contribution in [3.63, 3.8) is 0 Å². The van der Waals surface area contributed by atoms with Crippen LogP contribution in [0.4, 0.5) is 0 Å². The maximum atomic E-state index is 11.9. The van der Waals surface area contributed by atoms with Crippen LogP contribution in [0.2, 0.25) is 0 Å². The molecule has 2 aromatic carbocycles. The average Bonchev–Trinajstić information content (AvgIpc) is 3.16. The van der Waals surface area contributed by atoms with Gasteiger partial charge in [0.15, 0.2) is 11.5 Å². The van der Waals surface area contributed by atoms with E-state index in [1.807, 2.05) is 62.4 Å². The minimum atomic E-state index is 0. The van der Waals surface area contributed by atoms with Crippen molar-refractivity contribution in [2.24, 2.45) is 0 Å². The summed E-state index contributed by atoms with van der Waals surface area (Å²) in [5.74, 6) is 3.79. The number of carbonyl (C=O) groups is 2. The zero-order valence-electron chi connectivity index (χ0n) is 15.8. The van der Waals surface area contributed by atoms with Crippen LogP contribution < -0.4 is 17.0 Å². The summed E-state index contributed by atoms with van der Waals surface area (Å²) < 4.78 is 0. The number of aryl methyl sites for hydroxylation is 2. The van der Waals surface area contributed by atoms with Crippen LogP contribution in [0.5, 0.6) is 0 Å². The van der Waals surface area contributed by atoms with Gasteiger partial charge in [-0.3, -0.25) is 9.59 Å². The average molecular weight is 514 g/mol. The summed E-state index contributed by atoms with van der Waals surface area (Å²) in [5, 5.41) is 0.399. The molecule has 5 heteroatoms. The lowest BCUT2D eigenvalue weighted by Gasteiger charge is -2.01. The molecule has 1 aliphatic rings. The van der Waals surface area contributed by atoms with Crippen molar-refractivity contribution >= 4 is 38.4 Å². The summed E-state index contributed by atoms with van der Waals surface area (Å²) in [5.41, 5.74) is 4.05. The first-order valence-corrected chi connectivity index (χ1v) is 11.7. The van der Waals surface area contributed by atoms with Crippen LogP contribution in [0.25, 0.3) is 0 Å². The zero-order valence-corrected chi connectivity index (χ0v) is 19.8. The monoisotopic (exact) mass is 512 g/mol. The Morgan fingerprint density at radius 3 is 1.63 bits per heavy atom. The standard InChI is InChI=1S/C13H17OS.C9H9BrO.BrH/c1-11-4-6-12(7-5-11)13(14)10-15-8-2-3-9-15;1-7-2-4-8(5-3-7)9(11)6-10;/h4-7H,2-3,8-10H2,1H3;2-5H,6H2,1H3;1H/q+1;;/p-1. The van der Waals surface area contributed by atoms with Gasteiger partial charge >= 0.3 is 0 Å². The van der Waals surface area contributed by atoms with Gasteiger partial charge in [0.1, 0.15) is 11.5 Å². The molecule has 1 aliphatic heterocycles. The van der Waals surface area contributed by atoms with E-state index in [-0.39, 0.29) is 22.8 Å². The first-order chi connectivity index (χ1) is 12.5. The molecule has 0 radical (unpaired) electrons. The highest BCUT2D eigenvalue weighted by atomic mass is 79.9. The molecule has 0 aliphatic carbocycles. The van der Waals surface area contributed by atoms with Crippen molar-refractivity contribution in [3.8, 4) is 0 Å². The first kappa shape index (κ1) is 24.1. The smallest absolute Gasteiger partial charge is 0.211 e. The lowest BCUT2D eigenvalue weighted by atomic mass is 10.1.